The predicted octanol–water partition coefficient (Wildman–Crippen LogP) is 2.69. The van der Waals surface area contributed by atoms with Crippen molar-refractivity contribution in [3.05, 3.63) is 34.9 Å². The van der Waals surface area contributed by atoms with Gasteiger partial charge in [-0.15, -0.1) is 0 Å². The Kier molecular flexibility index (Phi) is 2.06. The van der Waals surface area contributed by atoms with Crippen LogP contribution >= 0.6 is 15.9 Å². The fourth-order valence-electron chi connectivity index (χ4n) is 1.10. The maximum absolute atomic E-state index is 5.66. The molecule has 2 rings (SSSR count). The second kappa shape index (κ2) is 3.22. The SMILES string of the molecule is Nc1cnoc1-c1ccccc1Br. The van der Waals surface area contributed by atoms with Gasteiger partial charge in [-0.3, -0.25) is 0 Å². The van der Waals surface area contributed by atoms with Gasteiger partial charge in [0.15, 0.2) is 5.76 Å². The number of rotatable bonds is 1. The van der Waals surface area contributed by atoms with Crippen LogP contribution in [0.2, 0.25) is 0 Å². The van der Waals surface area contributed by atoms with E-state index in [0.717, 1.165) is 10.0 Å². The molecular formula is C9H7BrN2O. The summed E-state index contributed by atoms with van der Waals surface area (Å²) in [6.45, 7) is 0. The molecule has 2 aromatic rings. The summed E-state index contributed by atoms with van der Waals surface area (Å²) in [4.78, 5) is 0. The summed E-state index contributed by atoms with van der Waals surface area (Å²) in [5.74, 6) is 0.604. The van der Waals surface area contributed by atoms with E-state index in [9.17, 15) is 0 Å². The van der Waals surface area contributed by atoms with Crippen molar-refractivity contribution >= 4 is 21.6 Å². The minimum absolute atomic E-state index is 0.548. The highest BCUT2D eigenvalue weighted by Crippen LogP contribution is 2.31. The first-order valence-corrected chi connectivity index (χ1v) is 4.53. The smallest absolute Gasteiger partial charge is 0.190 e. The topological polar surface area (TPSA) is 52.0 Å². The molecule has 1 aromatic carbocycles. The number of aromatic nitrogens is 1. The van der Waals surface area contributed by atoms with Crippen LogP contribution in [0.1, 0.15) is 0 Å². The van der Waals surface area contributed by atoms with Gasteiger partial charge in [-0.25, -0.2) is 0 Å². The first-order valence-electron chi connectivity index (χ1n) is 3.74. The molecule has 1 aromatic heterocycles. The van der Waals surface area contributed by atoms with Crippen molar-refractivity contribution < 1.29 is 4.52 Å². The Hall–Kier alpha value is -1.29. The number of nitrogen functional groups attached to an aromatic ring is 1. The van der Waals surface area contributed by atoms with E-state index in [-0.39, 0.29) is 0 Å². The van der Waals surface area contributed by atoms with Gasteiger partial charge >= 0.3 is 0 Å². The van der Waals surface area contributed by atoms with Crippen molar-refractivity contribution in [2.75, 3.05) is 5.73 Å². The van der Waals surface area contributed by atoms with Crippen LogP contribution in [0.4, 0.5) is 5.69 Å². The summed E-state index contributed by atoms with van der Waals surface area (Å²) < 4.78 is 5.97. The molecule has 0 unspecified atom stereocenters. The van der Waals surface area contributed by atoms with Gasteiger partial charge in [0, 0.05) is 10.0 Å². The molecule has 3 nitrogen and oxygen atoms in total. The third-order valence-corrected chi connectivity index (χ3v) is 2.41. The molecule has 0 saturated carbocycles. The molecule has 66 valence electrons. The zero-order valence-electron chi connectivity index (χ0n) is 6.70. The van der Waals surface area contributed by atoms with E-state index in [1.54, 1.807) is 0 Å². The first kappa shape index (κ1) is 8.31. The lowest BCUT2D eigenvalue weighted by Gasteiger charge is -1.99. The normalized spacial score (nSPS) is 10.2. The standard InChI is InChI=1S/C9H7BrN2O/c10-7-4-2-1-3-6(7)9-8(11)5-12-13-9/h1-5H,11H2. The lowest BCUT2D eigenvalue weighted by atomic mass is 10.1. The van der Waals surface area contributed by atoms with Gasteiger partial charge in [-0.05, 0) is 12.1 Å². The molecular weight excluding hydrogens is 232 g/mol. The largest absolute Gasteiger partial charge is 0.394 e. The monoisotopic (exact) mass is 238 g/mol. The average Bonchev–Trinajstić information content (AvgIpc) is 2.52. The lowest BCUT2D eigenvalue weighted by Crippen LogP contribution is -1.85. The van der Waals surface area contributed by atoms with E-state index in [1.165, 1.54) is 6.20 Å². The minimum atomic E-state index is 0.548. The summed E-state index contributed by atoms with van der Waals surface area (Å²) in [6.07, 6.45) is 1.49. The number of anilines is 1. The van der Waals surface area contributed by atoms with Crippen LogP contribution < -0.4 is 5.73 Å². The summed E-state index contributed by atoms with van der Waals surface area (Å²) in [5, 5.41) is 3.62. The molecule has 0 radical (unpaired) electrons. The highest BCUT2D eigenvalue weighted by atomic mass is 79.9. The summed E-state index contributed by atoms with van der Waals surface area (Å²) in [6, 6.07) is 7.69. The molecule has 2 N–H and O–H groups in total. The van der Waals surface area contributed by atoms with E-state index >= 15 is 0 Å². The van der Waals surface area contributed by atoms with Crippen LogP contribution in [0.15, 0.2) is 39.5 Å². The molecule has 0 spiro atoms. The maximum Gasteiger partial charge on any atom is 0.190 e. The molecule has 0 fully saturated rings. The van der Waals surface area contributed by atoms with Crippen LogP contribution in [0.5, 0.6) is 0 Å². The van der Waals surface area contributed by atoms with Crippen molar-refractivity contribution in [3.63, 3.8) is 0 Å². The number of hydrogen-bond acceptors (Lipinski definition) is 3. The molecule has 0 amide bonds. The van der Waals surface area contributed by atoms with Gasteiger partial charge in [0.05, 0.1) is 6.20 Å². The number of benzene rings is 1. The van der Waals surface area contributed by atoms with Crippen molar-refractivity contribution in [2.24, 2.45) is 0 Å². The van der Waals surface area contributed by atoms with E-state index in [4.69, 9.17) is 10.3 Å². The van der Waals surface area contributed by atoms with Gasteiger partial charge in [0.1, 0.15) is 5.69 Å². The predicted molar refractivity (Wildman–Crippen MR) is 54.1 cm³/mol. The van der Waals surface area contributed by atoms with Gasteiger partial charge in [0.25, 0.3) is 0 Å². The number of hydrogen-bond donors (Lipinski definition) is 1. The third-order valence-electron chi connectivity index (χ3n) is 1.72. The van der Waals surface area contributed by atoms with Crippen LogP contribution in [-0.4, -0.2) is 5.16 Å². The Morgan fingerprint density at radius 2 is 2.08 bits per heavy atom. The van der Waals surface area contributed by atoms with Crippen LogP contribution in [0.3, 0.4) is 0 Å². The Bertz CT molecular complexity index is 425. The highest BCUT2D eigenvalue weighted by Gasteiger charge is 2.09. The van der Waals surface area contributed by atoms with E-state index in [0.29, 0.717) is 11.4 Å². The lowest BCUT2D eigenvalue weighted by molar-refractivity contribution is 0.432. The van der Waals surface area contributed by atoms with E-state index in [2.05, 4.69) is 21.1 Å². The molecule has 0 aliphatic carbocycles. The third kappa shape index (κ3) is 1.45. The van der Waals surface area contributed by atoms with Crippen LogP contribution in [-0.2, 0) is 0 Å². The highest BCUT2D eigenvalue weighted by molar-refractivity contribution is 9.10. The molecule has 4 heteroatoms. The number of halogens is 1. The van der Waals surface area contributed by atoms with Gasteiger partial charge in [0.2, 0.25) is 0 Å². The number of nitrogens with zero attached hydrogens (tertiary/aromatic N) is 1. The second-order valence-electron chi connectivity index (χ2n) is 2.59. The minimum Gasteiger partial charge on any atom is -0.394 e. The molecule has 0 bridgehead atoms. The van der Waals surface area contributed by atoms with E-state index < -0.39 is 0 Å². The van der Waals surface area contributed by atoms with Crippen molar-refractivity contribution in [1.82, 2.24) is 5.16 Å². The molecule has 0 saturated heterocycles. The van der Waals surface area contributed by atoms with Crippen LogP contribution in [0, 0.1) is 0 Å². The average molecular weight is 239 g/mol. The van der Waals surface area contributed by atoms with Gasteiger partial charge in [-0.1, -0.05) is 33.2 Å². The van der Waals surface area contributed by atoms with Crippen molar-refractivity contribution in [1.29, 1.82) is 0 Å². The zero-order chi connectivity index (χ0) is 9.26. The fourth-order valence-corrected chi connectivity index (χ4v) is 1.56. The Morgan fingerprint density at radius 1 is 1.31 bits per heavy atom. The summed E-state index contributed by atoms with van der Waals surface area (Å²) in [7, 11) is 0. The maximum atomic E-state index is 5.66. The molecule has 0 aliphatic heterocycles. The van der Waals surface area contributed by atoms with Gasteiger partial charge in [-0.2, -0.15) is 0 Å². The first-order chi connectivity index (χ1) is 6.29. The number of nitrogens with two attached hydrogens (primary N) is 1. The Morgan fingerprint density at radius 3 is 2.69 bits per heavy atom. The summed E-state index contributed by atoms with van der Waals surface area (Å²) >= 11 is 3.41. The fraction of sp³-hybridized carbons (Fsp3) is 0. The molecule has 13 heavy (non-hydrogen) atoms. The molecule has 0 aliphatic rings. The molecule has 1 heterocycles. The van der Waals surface area contributed by atoms with Gasteiger partial charge < -0.3 is 10.3 Å². The summed E-state index contributed by atoms with van der Waals surface area (Å²) in [5.41, 5.74) is 7.13. The van der Waals surface area contributed by atoms with E-state index in [1.807, 2.05) is 24.3 Å². The van der Waals surface area contributed by atoms with Crippen molar-refractivity contribution in [3.8, 4) is 11.3 Å². The molecule has 0 atom stereocenters. The quantitative estimate of drug-likeness (QED) is 0.832. The Balaban J connectivity index is 2.59. The zero-order valence-corrected chi connectivity index (χ0v) is 8.28. The Labute approximate surface area is 83.7 Å². The van der Waals surface area contributed by atoms with Crippen molar-refractivity contribution in [2.45, 2.75) is 0 Å². The van der Waals surface area contributed by atoms with Crippen LogP contribution in [0.25, 0.3) is 11.3 Å². The second-order valence-corrected chi connectivity index (χ2v) is 3.44.